The zero-order valence-electron chi connectivity index (χ0n) is 9.31. The molecule has 0 aromatic carbocycles. The van der Waals surface area contributed by atoms with E-state index in [1.807, 2.05) is 19.1 Å². The average Bonchev–Trinajstić information content (AvgIpc) is 2.34. The zero-order valence-corrected chi connectivity index (χ0v) is 9.31. The Morgan fingerprint density at radius 2 is 1.88 bits per heavy atom. The number of aryl methyl sites for hydroxylation is 1. The third kappa shape index (κ3) is 2.23. The van der Waals surface area contributed by atoms with Gasteiger partial charge in [-0.05, 0) is 18.6 Å². The Hall–Kier alpha value is -2.41. The van der Waals surface area contributed by atoms with Gasteiger partial charge in [-0.1, -0.05) is 6.07 Å². The van der Waals surface area contributed by atoms with Crippen LogP contribution < -0.4 is 22.3 Å². The van der Waals surface area contributed by atoms with Gasteiger partial charge < -0.3 is 16.5 Å². The second-order valence-electron chi connectivity index (χ2n) is 3.42. The molecule has 88 valence electrons. The number of nitrogens with one attached hydrogen (secondary N) is 2. The second-order valence-corrected chi connectivity index (χ2v) is 3.42. The molecule has 2 heterocycles. The van der Waals surface area contributed by atoms with E-state index >= 15 is 0 Å². The first-order chi connectivity index (χ1) is 8.22. The number of hydrazine groups is 1. The van der Waals surface area contributed by atoms with E-state index in [1.165, 1.54) is 6.33 Å². The largest absolute Gasteiger partial charge is 0.393 e. The standard InChI is InChI=1S/C10H13N7/c1-6-3-2-4-13-8(6)16-9-7(11)10(17-12)15-5-14-9/h2-5H,11-12H2,1H3,(H2,13,14,15,16,17). The number of nitrogens with two attached hydrogens (primary N) is 2. The Kier molecular flexibility index (Phi) is 3.01. The summed E-state index contributed by atoms with van der Waals surface area (Å²) in [5.74, 6) is 6.81. The van der Waals surface area contributed by atoms with E-state index < -0.39 is 0 Å². The van der Waals surface area contributed by atoms with Gasteiger partial charge in [0, 0.05) is 6.20 Å². The number of hydrogen-bond donors (Lipinski definition) is 4. The van der Waals surface area contributed by atoms with Crippen LogP contribution in [-0.4, -0.2) is 15.0 Å². The number of pyridine rings is 1. The molecule has 2 aromatic rings. The molecule has 0 bridgehead atoms. The predicted octanol–water partition coefficient (Wildman–Crippen LogP) is 0.791. The Morgan fingerprint density at radius 3 is 2.59 bits per heavy atom. The van der Waals surface area contributed by atoms with Gasteiger partial charge in [0.05, 0.1) is 0 Å². The van der Waals surface area contributed by atoms with E-state index in [2.05, 4.69) is 25.7 Å². The van der Waals surface area contributed by atoms with E-state index in [0.717, 1.165) is 5.56 Å². The normalized spacial score (nSPS) is 10.0. The first kappa shape index (κ1) is 11.1. The van der Waals surface area contributed by atoms with Crippen molar-refractivity contribution < 1.29 is 0 Å². The van der Waals surface area contributed by atoms with Crippen LogP contribution in [0.3, 0.4) is 0 Å². The highest BCUT2D eigenvalue weighted by molar-refractivity contribution is 5.76. The maximum absolute atomic E-state index is 5.83. The van der Waals surface area contributed by atoms with Crippen molar-refractivity contribution >= 4 is 23.1 Å². The van der Waals surface area contributed by atoms with Gasteiger partial charge in [0.15, 0.2) is 11.6 Å². The molecular weight excluding hydrogens is 218 g/mol. The summed E-state index contributed by atoms with van der Waals surface area (Å²) >= 11 is 0. The molecule has 0 amide bonds. The maximum Gasteiger partial charge on any atom is 0.168 e. The molecule has 0 aliphatic carbocycles. The van der Waals surface area contributed by atoms with E-state index in [0.29, 0.717) is 23.1 Å². The van der Waals surface area contributed by atoms with Crippen molar-refractivity contribution in [2.24, 2.45) is 5.84 Å². The molecule has 0 saturated heterocycles. The fourth-order valence-corrected chi connectivity index (χ4v) is 1.34. The number of rotatable bonds is 3. The number of anilines is 4. The van der Waals surface area contributed by atoms with Crippen molar-refractivity contribution in [2.45, 2.75) is 6.92 Å². The maximum atomic E-state index is 5.83. The van der Waals surface area contributed by atoms with Crippen LogP contribution in [0, 0.1) is 6.92 Å². The minimum absolute atomic E-state index is 0.347. The molecule has 0 fully saturated rings. The average molecular weight is 231 g/mol. The monoisotopic (exact) mass is 231 g/mol. The van der Waals surface area contributed by atoms with Crippen LogP contribution in [0.2, 0.25) is 0 Å². The Labute approximate surface area is 98.3 Å². The molecule has 0 aliphatic heterocycles. The highest BCUT2D eigenvalue weighted by atomic mass is 15.3. The minimum Gasteiger partial charge on any atom is -0.393 e. The smallest absolute Gasteiger partial charge is 0.168 e. The second kappa shape index (κ2) is 4.62. The van der Waals surface area contributed by atoms with Gasteiger partial charge in [-0.15, -0.1) is 0 Å². The molecule has 0 spiro atoms. The van der Waals surface area contributed by atoms with Crippen molar-refractivity contribution in [3.8, 4) is 0 Å². The molecule has 0 aliphatic rings. The van der Waals surface area contributed by atoms with Crippen molar-refractivity contribution in [2.75, 3.05) is 16.5 Å². The summed E-state index contributed by atoms with van der Waals surface area (Å²) in [4.78, 5) is 12.1. The van der Waals surface area contributed by atoms with E-state index in [1.54, 1.807) is 6.20 Å². The molecule has 6 N–H and O–H groups in total. The van der Waals surface area contributed by atoms with Crippen molar-refractivity contribution in [1.82, 2.24) is 15.0 Å². The van der Waals surface area contributed by atoms with Crippen LogP contribution in [0.15, 0.2) is 24.7 Å². The molecular formula is C10H13N7. The SMILES string of the molecule is Cc1cccnc1Nc1ncnc(NN)c1N. The van der Waals surface area contributed by atoms with Crippen LogP contribution >= 0.6 is 0 Å². The highest BCUT2D eigenvalue weighted by Crippen LogP contribution is 2.25. The van der Waals surface area contributed by atoms with Gasteiger partial charge in [-0.2, -0.15) is 0 Å². The molecule has 7 nitrogen and oxygen atoms in total. The fourth-order valence-electron chi connectivity index (χ4n) is 1.34. The van der Waals surface area contributed by atoms with Crippen molar-refractivity contribution in [3.63, 3.8) is 0 Å². The van der Waals surface area contributed by atoms with Crippen LogP contribution in [0.1, 0.15) is 5.56 Å². The van der Waals surface area contributed by atoms with Gasteiger partial charge in [-0.3, -0.25) is 0 Å². The molecule has 0 radical (unpaired) electrons. The lowest BCUT2D eigenvalue weighted by atomic mass is 10.3. The van der Waals surface area contributed by atoms with Gasteiger partial charge in [0.2, 0.25) is 0 Å². The minimum atomic E-state index is 0.347. The summed E-state index contributed by atoms with van der Waals surface area (Å²) in [5.41, 5.74) is 9.57. The van der Waals surface area contributed by atoms with Crippen LogP contribution in [0.25, 0.3) is 0 Å². The molecule has 17 heavy (non-hydrogen) atoms. The summed E-state index contributed by atoms with van der Waals surface area (Å²) < 4.78 is 0. The molecule has 0 atom stereocenters. The zero-order chi connectivity index (χ0) is 12.3. The third-order valence-electron chi connectivity index (χ3n) is 2.27. The highest BCUT2D eigenvalue weighted by Gasteiger charge is 2.08. The molecule has 2 aromatic heterocycles. The van der Waals surface area contributed by atoms with E-state index in [4.69, 9.17) is 11.6 Å². The van der Waals surface area contributed by atoms with Gasteiger partial charge in [0.25, 0.3) is 0 Å². The molecule has 2 rings (SSSR count). The topological polar surface area (TPSA) is 115 Å². The summed E-state index contributed by atoms with van der Waals surface area (Å²) in [7, 11) is 0. The predicted molar refractivity (Wildman–Crippen MR) is 66.5 cm³/mol. The van der Waals surface area contributed by atoms with E-state index in [-0.39, 0.29) is 0 Å². The van der Waals surface area contributed by atoms with Gasteiger partial charge in [-0.25, -0.2) is 20.8 Å². The Morgan fingerprint density at radius 1 is 1.12 bits per heavy atom. The van der Waals surface area contributed by atoms with Crippen LogP contribution in [0.5, 0.6) is 0 Å². The first-order valence-electron chi connectivity index (χ1n) is 4.98. The Balaban J connectivity index is 2.34. The molecule has 7 heteroatoms. The number of hydrogen-bond acceptors (Lipinski definition) is 7. The molecule has 0 unspecified atom stereocenters. The van der Waals surface area contributed by atoms with Crippen LogP contribution in [0.4, 0.5) is 23.1 Å². The van der Waals surface area contributed by atoms with Gasteiger partial charge in [0.1, 0.15) is 17.8 Å². The number of nitrogens with zero attached hydrogens (tertiary/aromatic N) is 3. The quantitative estimate of drug-likeness (QED) is 0.456. The van der Waals surface area contributed by atoms with Crippen molar-refractivity contribution in [1.29, 1.82) is 0 Å². The van der Waals surface area contributed by atoms with Crippen molar-refractivity contribution in [3.05, 3.63) is 30.2 Å². The lowest BCUT2D eigenvalue weighted by Crippen LogP contribution is -2.13. The lowest BCUT2D eigenvalue weighted by molar-refractivity contribution is 1.13. The first-order valence-corrected chi connectivity index (χ1v) is 4.98. The fraction of sp³-hybridized carbons (Fsp3) is 0.100. The van der Waals surface area contributed by atoms with E-state index in [9.17, 15) is 0 Å². The summed E-state index contributed by atoms with van der Waals surface area (Å²) in [6.45, 7) is 1.94. The summed E-state index contributed by atoms with van der Waals surface area (Å²) in [6.07, 6.45) is 3.06. The third-order valence-corrected chi connectivity index (χ3v) is 2.27. The van der Waals surface area contributed by atoms with Gasteiger partial charge >= 0.3 is 0 Å². The lowest BCUT2D eigenvalue weighted by Gasteiger charge is -2.11. The number of nitrogen functional groups attached to an aromatic ring is 2. The molecule has 0 saturated carbocycles. The summed E-state index contributed by atoms with van der Waals surface area (Å²) in [6, 6.07) is 3.80. The van der Waals surface area contributed by atoms with Crippen LogP contribution in [-0.2, 0) is 0 Å². The number of aromatic nitrogens is 3. The Bertz CT molecular complexity index is 526. The summed E-state index contributed by atoms with van der Waals surface area (Å²) in [5, 5.41) is 3.03.